The molecule has 3 rings (SSSR count). The first-order chi connectivity index (χ1) is 27.0. The summed E-state index contributed by atoms with van der Waals surface area (Å²) in [5.41, 5.74) is -4.09. The Morgan fingerprint density at radius 1 is 0.534 bits per heavy atom. The van der Waals surface area contributed by atoms with Crippen LogP contribution >= 0.6 is 0 Å². The lowest BCUT2D eigenvalue weighted by atomic mass is 9.89. The monoisotopic (exact) mass is 820 g/mol. The molecule has 0 amide bonds. The van der Waals surface area contributed by atoms with Gasteiger partial charge in [0.1, 0.15) is 6.61 Å². The lowest BCUT2D eigenvalue weighted by molar-refractivity contribution is -0.311. The van der Waals surface area contributed by atoms with Gasteiger partial charge in [0, 0.05) is 55.4 Å². The fraction of sp³-hybridized carbons (Fsp3) is 0.389. The van der Waals surface area contributed by atoms with E-state index in [0.717, 1.165) is 79.7 Å². The van der Waals surface area contributed by atoms with Gasteiger partial charge in [0.15, 0.2) is 35.2 Å². The summed E-state index contributed by atoms with van der Waals surface area (Å²) in [5, 5.41) is 12.2. The van der Waals surface area contributed by atoms with Gasteiger partial charge in [-0.25, -0.2) is 9.59 Å². The van der Waals surface area contributed by atoms with Crippen LogP contribution in [-0.4, -0.2) is 102 Å². The van der Waals surface area contributed by atoms with Gasteiger partial charge in [0.2, 0.25) is 23.4 Å². The maximum absolute atomic E-state index is 13.7. The average molecular weight is 821 g/mol. The van der Waals surface area contributed by atoms with Crippen molar-refractivity contribution in [2.75, 3.05) is 13.2 Å². The summed E-state index contributed by atoms with van der Waals surface area (Å²) < 4.78 is 57.0. The first-order valence-corrected chi connectivity index (χ1v) is 16.5. The number of hydrogen-bond donors (Lipinski definition) is 1. The highest BCUT2D eigenvalue weighted by Crippen LogP contribution is 2.42. The van der Waals surface area contributed by atoms with Crippen LogP contribution in [0, 0.1) is 0 Å². The summed E-state index contributed by atoms with van der Waals surface area (Å²) in [6.45, 7) is 5.67. The normalized spacial score (nSPS) is 18.3. The smallest absolute Gasteiger partial charge is 0.340 e. The largest absolute Gasteiger partial charge is 0.459 e. The number of hydrogen-bond acceptors (Lipinski definition) is 22. The number of carbonyl (C=O) groups is 10. The molecule has 4 atom stereocenters. The van der Waals surface area contributed by atoms with Gasteiger partial charge in [-0.1, -0.05) is 0 Å². The molecule has 1 saturated heterocycles. The van der Waals surface area contributed by atoms with Crippen molar-refractivity contribution in [2.45, 2.75) is 79.5 Å². The Morgan fingerprint density at radius 2 is 0.897 bits per heavy atom. The summed E-state index contributed by atoms with van der Waals surface area (Å²) in [6.07, 6.45) is -5.90. The Bertz CT molecular complexity index is 1960. The SMILES string of the molecule is CC(=O)Oc1cc(C(=O)OC[C@]2(O)[C@@H](OC(=O)c3cc(OC(C)=O)c(OC(C)=O)c(OC(C)=O)c3)OC[C@@H](OC(C)=O)[C@H]2OC(C)=O)cc(OC(C)=O)c1OC(C)=O. The van der Waals surface area contributed by atoms with Crippen molar-refractivity contribution in [1.82, 2.24) is 0 Å². The van der Waals surface area contributed by atoms with E-state index in [9.17, 15) is 53.1 Å². The predicted octanol–water partition coefficient (Wildman–Crippen LogP) is 1.20. The van der Waals surface area contributed by atoms with Gasteiger partial charge >= 0.3 is 59.7 Å². The second-order valence-electron chi connectivity index (χ2n) is 12.0. The van der Waals surface area contributed by atoms with Crippen LogP contribution in [0.25, 0.3) is 0 Å². The Labute approximate surface area is 327 Å². The Morgan fingerprint density at radius 3 is 1.24 bits per heavy atom. The Hall–Kier alpha value is -6.94. The van der Waals surface area contributed by atoms with E-state index in [0.29, 0.717) is 0 Å². The second kappa shape index (κ2) is 19.3. The Balaban J connectivity index is 2.14. The van der Waals surface area contributed by atoms with Gasteiger partial charge in [-0.05, 0) is 24.3 Å². The molecule has 312 valence electrons. The van der Waals surface area contributed by atoms with Crippen LogP contribution in [0.3, 0.4) is 0 Å². The molecule has 1 N–H and O–H groups in total. The minimum atomic E-state index is -2.96. The molecule has 0 unspecified atom stereocenters. The van der Waals surface area contributed by atoms with E-state index in [1.807, 2.05) is 0 Å². The maximum atomic E-state index is 13.7. The number of benzene rings is 2. The van der Waals surface area contributed by atoms with Crippen molar-refractivity contribution < 1.29 is 105 Å². The highest BCUT2D eigenvalue weighted by molar-refractivity contribution is 5.93. The van der Waals surface area contributed by atoms with Crippen LogP contribution in [0.4, 0.5) is 0 Å². The average Bonchev–Trinajstić information content (AvgIpc) is 3.07. The van der Waals surface area contributed by atoms with Crippen LogP contribution in [-0.2, 0) is 62.0 Å². The number of carbonyl (C=O) groups excluding carboxylic acids is 10. The third-order valence-electron chi connectivity index (χ3n) is 6.93. The van der Waals surface area contributed by atoms with Gasteiger partial charge in [-0.15, -0.1) is 0 Å². The van der Waals surface area contributed by atoms with Crippen molar-refractivity contribution in [1.29, 1.82) is 0 Å². The molecule has 0 bridgehead atoms. The van der Waals surface area contributed by atoms with E-state index in [2.05, 4.69) is 0 Å². The van der Waals surface area contributed by atoms with Gasteiger partial charge in [-0.3, -0.25) is 38.4 Å². The number of ether oxygens (including phenoxy) is 11. The molecule has 0 aromatic heterocycles. The second-order valence-corrected chi connectivity index (χ2v) is 12.0. The zero-order valence-corrected chi connectivity index (χ0v) is 32.0. The van der Waals surface area contributed by atoms with Crippen molar-refractivity contribution in [3.8, 4) is 34.5 Å². The fourth-order valence-corrected chi connectivity index (χ4v) is 5.05. The van der Waals surface area contributed by atoms with Crippen molar-refractivity contribution in [3.05, 3.63) is 35.4 Å². The first kappa shape index (κ1) is 45.4. The predicted molar refractivity (Wildman–Crippen MR) is 182 cm³/mol. The van der Waals surface area contributed by atoms with Crippen LogP contribution in [0.5, 0.6) is 34.5 Å². The van der Waals surface area contributed by atoms with E-state index in [-0.39, 0.29) is 0 Å². The minimum Gasteiger partial charge on any atom is -0.459 e. The number of aliphatic hydroxyl groups is 1. The molecule has 0 radical (unpaired) electrons. The number of esters is 10. The van der Waals surface area contributed by atoms with E-state index in [1.54, 1.807) is 0 Å². The highest BCUT2D eigenvalue weighted by atomic mass is 16.7. The summed E-state index contributed by atoms with van der Waals surface area (Å²) >= 11 is 0. The zero-order chi connectivity index (χ0) is 43.6. The van der Waals surface area contributed by atoms with E-state index in [1.165, 1.54) is 0 Å². The molecule has 1 aliphatic heterocycles. The first-order valence-electron chi connectivity index (χ1n) is 16.5. The fourth-order valence-electron chi connectivity index (χ4n) is 5.05. The van der Waals surface area contributed by atoms with Crippen LogP contribution in [0.1, 0.15) is 76.1 Å². The molecule has 0 saturated carbocycles. The molecule has 58 heavy (non-hydrogen) atoms. The summed E-state index contributed by atoms with van der Waals surface area (Å²) in [4.78, 5) is 123. The molecule has 2 aromatic carbocycles. The Kier molecular flexibility index (Phi) is 15.1. The van der Waals surface area contributed by atoms with Gasteiger partial charge in [-0.2, -0.15) is 0 Å². The number of rotatable bonds is 13. The standard InChI is InChI=1S/C36H36O22/c1-15(37)50-25-9-23(10-26(51-16(2)38)30(25)55-20(6)42)33(45)49-14-36(47)32(57-22(8)44)29(54-19(5)41)13-48-35(36)58-34(46)24-11-27(52-17(3)39)31(56-21(7)43)28(12-24)53-18(4)40/h9-12,29,32,35,47H,13-14H2,1-8H3/t29-,32-,35-,36-/m1/s1. The molecule has 1 aliphatic rings. The quantitative estimate of drug-likeness (QED) is 0.169. The van der Waals surface area contributed by atoms with E-state index in [4.69, 9.17) is 52.1 Å². The van der Waals surface area contributed by atoms with Crippen LogP contribution < -0.4 is 28.4 Å². The molecule has 22 heteroatoms. The van der Waals surface area contributed by atoms with Gasteiger partial charge in [0.05, 0.1) is 17.7 Å². The van der Waals surface area contributed by atoms with E-state index >= 15 is 0 Å². The van der Waals surface area contributed by atoms with Crippen molar-refractivity contribution in [2.24, 2.45) is 0 Å². The van der Waals surface area contributed by atoms with Gasteiger partial charge < -0.3 is 57.2 Å². The molecule has 2 aromatic rings. The molecule has 0 spiro atoms. The van der Waals surface area contributed by atoms with E-state index < -0.39 is 143 Å². The summed E-state index contributed by atoms with van der Waals surface area (Å²) in [6, 6.07) is 3.37. The topological polar surface area (TPSA) is 292 Å². The van der Waals surface area contributed by atoms with Gasteiger partial charge in [0.25, 0.3) is 0 Å². The molecular weight excluding hydrogens is 784 g/mol. The molecule has 1 fully saturated rings. The van der Waals surface area contributed by atoms with Crippen molar-refractivity contribution >= 4 is 59.7 Å². The van der Waals surface area contributed by atoms with Crippen molar-refractivity contribution in [3.63, 3.8) is 0 Å². The minimum absolute atomic E-state index is 0.554. The van der Waals surface area contributed by atoms with Crippen LogP contribution in [0.15, 0.2) is 24.3 Å². The van der Waals surface area contributed by atoms with Crippen LogP contribution in [0.2, 0.25) is 0 Å². The lowest BCUT2D eigenvalue weighted by Gasteiger charge is -2.45. The third kappa shape index (κ3) is 12.3. The molecule has 0 aliphatic carbocycles. The highest BCUT2D eigenvalue weighted by Gasteiger charge is 2.59. The zero-order valence-electron chi connectivity index (χ0n) is 32.0. The third-order valence-corrected chi connectivity index (χ3v) is 6.93. The molecular formula is C36H36O22. The molecule has 22 nitrogen and oxygen atoms in total. The summed E-state index contributed by atoms with van der Waals surface area (Å²) in [5.74, 6) is -14.1. The maximum Gasteiger partial charge on any atom is 0.340 e. The summed E-state index contributed by atoms with van der Waals surface area (Å²) in [7, 11) is 0. The molecule has 1 heterocycles. The lowest BCUT2D eigenvalue weighted by Crippen LogP contribution is -2.68.